The summed E-state index contributed by atoms with van der Waals surface area (Å²) in [6, 6.07) is 10.6. The first-order valence-corrected chi connectivity index (χ1v) is 12.1. The summed E-state index contributed by atoms with van der Waals surface area (Å²) in [7, 11) is 3.63. The largest absolute Gasteiger partial charge is 0.496 e. The first kappa shape index (κ1) is 24.1. The highest BCUT2D eigenvalue weighted by Crippen LogP contribution is 2.38. The number of nitrogens with zero attached hydrogens (tertiary/aromatic N) is 2. The molecule has 0 unspecified atom stereocenters. The van der Waals surface area contributed by atoms with Gasteiger partial charge in [-0.05, 0) is 81.5 Å². The number of ether oxygens (including phenoxy) is 1. The molecule has 1 fully saturated rings. The molecule has 0 bridgehead atoms. The Morgan fingerprint density at radius 1 is 1.12 bits per heavy atom. The van der Waals surface area contributed by atoms with Gasteiger partial charge in [-0.15, -0.1) is 0 Å². The number of methoxy groups -OCH3 is 1. The number of hydrogen-bond donors (Lipinski definition) is 2. The molecular formula is C27H36N4O3. The zero-order chi connectivity index (χ0) is 24.4. The number of fused-ring (bicyclic) bond motifs is 1. The second-order valence-corrected chi connectivity index (χ2v) is 9.54. The monoisotopic (exact) mass is 464 g/mol. The van der Waals surface area contributed by atoms with E-state index in [9.17, 15) is 9.59 Å². The van der Waals surface area contributed by atoms with E-state index in [1.54, 1.807) is 7.11 Å². The van der Waals surface area contributed by atoms with Gasteiger partial charge in [-0.2, -0.15) is 0 Å². The normalized spacial score (nSPS) is 19.8. The van der Waals surface area contributed by atoms with Crippen LogP contribution in [0, 0.1) is 19.8 Å². The number of nitrogens with two attached hydrogens (primary N) is 1. The summed E-state index contributed by atoms with van der Waals surface area (Å²) in [6.45, 7) is 6.33. The van der Waals surface area contributed by atoms with Gasteiger partial charge in [-0.3, -0.25) is 9.59 Å². The summed E-state index contributed by atoms with van der Waals surface area (Å²) in [5.74, 6) is 0.664. The van der Waals surface area contributed by atoms with Crippen LogP contribution < -0.4 is 20.7 Å². The maximum absolute atomic E-state index is 13.5. The van der Waals surface area contributed by atoms with Crippen molar-refractivity contribution in [1.82, 2.24) is 10.2 Å². The van der Waals surface area contributed by atoms with E-state index < -0.39 is 0 Å². The van der Waals surface area contributed by atoms with E-state index in [-0.39, 0.29) is 23.8 Å². The Kier molecular flexibility index (Phi) is 7.12. The maximum atomic E-state index is 13.5. The second-order valence-electron chi connectivity index (χ2n) is 9.54. The van der Waals surface area contributed by atoms with Crippen molar-refractivity contribution in [2.24, 2.45) is 11.7 Å². The molecule has 1 saturated carbocycles. The Labute approximate surface area is 202 Å². The number of benzene rings is 2. The average Bonchev–Trinajstić information content (AvgIpc) is 3.17. The van der Waals surface area contributed by atoms with Crippen molar-refractivity contribution < 1.29 is 14.3 Å². The third-order valence-corrected chi connectivity index (χ3v) is 7.42. The lowest BCUT2D eigenvalue weighted by molar-refractivity contribution is -0.123. The van der Waals surface area contributed by atoms with Gasteiger partial charge in [0.1, 0.15) is 5.75 Å². The first-order chi connectivity index (χ1) is 16.3. The van der Waals surface area contributed by atoms with Crippen molar-refractivity contribution in [3.05, 3.63) is 52.6 Å². The molecule has 182 valence electrons. The minimum atomic E-state index is -0.218. The van der Waals surface area contributed by atoms with E-state index in [1.165, 1.54) is 0 Å². The van der Waals surface area contributed by atoms with Crippen LogP contribution in [0.3, 0.4) is 0 Å². The smallest absolute Gasteiger partial charge is 0.254 e. The highest BCUT2D eigenvalue weighted by Gasteiger charge is 2.37. The molecule has 3 N–H and O–H groups in total. The molecule has 2 amide bonds. The summed E-state index contributed by atoms with van der Waals surface area (Å²) in [4.78, 5) is 29.3. The molecule has 1 heterocycles. The Morgan fingerprint density at radius 3 is 2.50 bits per heavy atom. The van der Waals surface area contributed by atoms with Gasteiger partial charge in [0.2, 0.25) is 5.91 Å². The lowest BCUT2D eigenvalue weighted by atomic mass is 9.85. The highest BCUT2D eigenvalue weighted by molar-refractivity contribution is 6.00. The van der Waals surface area contributed by atoms with Crippen LogP contribution in [-0.2, 0) is 11.3 Å². The molecule has 0 spiro atoms. The summed E-state index contributed by atoms with van der Waals surface area (Å²) in [5, 5.41) is 3.23. The molecule has 1 aliphatic heterocycles. The minimum absolute atomic E-state index is 0.0584. The average molecular weight is 465 g/mol. The van der Waals surface area contributed by atoms with Gasteiger partial charge < -0.3 is 25.6 Å². The number of primary amides is 1. The third kappa shape index (κ3) is 4.62. The first-order valence-electron chi connectivity index (χ1n) is 12.1. The molecule has 2 aromatic carbocycles. The fraction of sp³-hybridized carbons (Fsp3) is 0.481. The molecule has 34 heavy (non-hydrogen) atoms. The standard InChI is InChI=1S/C27H36N4O3/c1-17-5-8-21(15-25(17)34-4)30(12-11-29-3)22-13-18(2)24-16-31(27(33)23(24)14-22)20-9-6-19(7-10-20)26(28)32/h5,8,13-15,19-20,29H,6-7,9-12,16H2,1-4H3,(H2,28,32). The zero-order valence-corrected chi connectivity index (χ0v) is 20.7. The van der Waals surface area contributed by atoms with Gasteiger partial charge in [0.15, 0.2) is 0 Å². The number of hydrogen-bond acceptors (Lipinski definition) is 5. The number of carbonyl (C=O) groups is 2. The van der Waals surface area contributed by atoms with Gasteiger partial charge >= 0.3 is 0 Å². The maximum Gasteiger partial charge on any atom is 0.254 e. The predicted molar refractivity (Wildman–Crippen MR) is 135 cm³/mol. The molecular weight excluding hydrogens is 428 g/mol. The fourth-order valence-corrected chi connectivity index (χ4v) is 5.33. The molecule has 2 aromatic rings. The Hall–Kier alpha value is -3.06. The van der Waals surface area contributed by atoms with E-state index in [1.807, 2.05) is 24.9 Å². The summed E-state index contributed by atoms with van der Waals surface area (Å²) >= 11 is 0. The molecule has 4 rings (SSSR count). The lowest BCUT2D eigenvalue weighted by Crippen LogP contribution is -2.40. The van der Waals surface area contributed by atoms with Crippen molar-refractivity contribution in [1.29, 1.82) is 0 Å². The Morgan fingerprint density at radius 2 is 1.85 bits per heavy atom. The van der Waals surface area contributed by atoms with Crippen molar-refractivity contribution in [2.75, 3.05) is 32.1 Å². The van der Waals surface area contributed by atoms with E-state index in [2.05, 4.69) is 41.4 Å². The summed E-state index contributed by atoms with van der Waals surface area (Å²) < 4.78 is 5.56. The van der Waals surface area contributed by atoms with Crippen LogP contribution >= 0.6 is 0 Å². The SMILES string of the molecule is CNCCN(c1ccc(C)c(OC)c1)c1cc(C)c2c(c1)C(=O)N(C1CCC(C(N)=O)CC1)C2. The number of carbonyl (C=O) groups excluding carboxylic acids is 2. The lowest BCUT2D eigenvalue weighted by Gasteiger charge is -2.33. The van der Waals surface area contributed by atoms with Gasteiger partial charge in [0.05, 0.1) is 7.11 Å². The Balaban J connectivity index is 1.62. The van der Waals surface area contributed by atoms with Crippen molar-refractivity contribution in [2.45, 2.75) is 52.1 Å². The second kappa shape index (κ2) is 10.1. The number of likely N-dealkylation sites (N-methyl/N-ethyl adjacent to an activating group) is 1. The number of nitrogens with one attached hydrogen (secondary N) is 1. The van der Waals surface area contributed by atoms with E-state index in [0.29, 0.717) is 6.54 Å². The molecule has 2 aliphatic rings. The number of aryl methyl sites for hydroxylation is 2. The molecule has 0 radical (unpaired) electrons. The van der Waals surface area contributed by atoms with Crippen LogP contribution in [0.1, 0.15) is 52.7 Å². The van der Waals surface area contributed by atoms with Crippen molar-refractivity contribution >= 4 is 23.2 Å². The fourth-order valence-electron chi connectivity index (χ4n) is 5.33. The van der Waals surface area contributed by atoms with Crippen molar-refractivity contribution in [3.63, 3.8) is 0 Å². The van der Waals surface area contributed by atoms with Crippen LogP contribution in [0.25, 0.3) is 0 Å². The van der Waals surface area contributed by atoms with Gasteiger partial charge in [0, 0.05) is 54.6 Å². The van der Waals surface area contributed by atoms with Gasteiger partial charge in [0.25, 0.3) is 5.91 Å². The molecule has 0 aromatic heterocycles. The van der Waals surface area contributed by atoms with Crippen molar-refractivity contribution in [3.8, 4) is 5.75 Å². The van der Waals surface area contributed by atoms with Crippen LogP contribution in [-0.4, -0.2) is 50.0 Å². The minimum Gasteiger partial charge on any atom is -0.496 e. The quantitative estimate of drug-likeness (QED) is 0.622. The van der Waals surface area contributed by atoms with E-state index in [0.717, 1.165) is 78.2 Å². The molecule has 1 aliphatic carbocycles. The highest BCUT2D eigenvalue weighted by atomic mass is 16.5. The summed E-state index contributed by atoms with van der Waals surface area (Å²) in [6.07, 6.45) is 3.18. The molecule has 0 saturated heterocycles. The number of amides is 2. The van der Waals surface area contributed by atoms with E-state index >= 15 is 0 Å². The van der Waals surface area contributed by atoms with Crippen LogP contribution in [0.4, 0.5) is 11.4 Å². The Bertz CT molecular complexity index is 1080. The van der Waals surface area contributed by atoms with E-state index in [4.69, 9.17) is 10.5 Å². The zero-order valence-electron chi connectivity index (χ0n) is 20.7. The molecule has 7 nitrogen and oxygen atoms in total. The van der Waals surface area contributed by atoms with Gasteiger partial charge in [-0.25, -0.2) is 0 Å². The molecule has 7 heteroatoms. The third-order valence-electron chi connectivity index (χ3n) is 7.42. The van der Waals surface area contributed by atoms with Gasteiger partial charge in [-0.1, -0.05) is 6.07 Å². The number of rotatable bonds is 8. The summed E-state index contributed by atoms with van der Waals surface area (Å²) in [5.41, 5.74) is 11.7. The predicted octanol–water partition coefficient (Wildman–Crippen LogP) is 3.67. The topological polar surface area (TPSA) is 87.9 Å². The van der Waals surface area contributed by atoms with Crippen LogP contribution in [0.5, 0.6) is 5.75 Å². The molecule has 0 atom stereocenters. The van der Waals surface area contributed by atoms with Crippen LogP contribution in [0.15, 0.2) is 30.3 Å². The van der Waals surface area contributed by atoms with Crippen LogP contribution in [0.2, 0.25) is 0 Å². The number of anilines is 2.